The molecule has 0 heterocycles. The predicted octanol–water partition coefficient (Wildman–Crippen LogP) is 4.23. The highest BCUT2D eigenvalue weighted by Gasteiger charge is 2.32. The Morgan fingerprint density at radius 2 is 1.74 bits per heavy atom. The second-order valence-corrected chi connectivity index (χ2v) is 11.6. The fourth-order valence-corrected chi connectivity index (χ4v) is 4.46. The van der Waals surface area contributed by atoms with Gasteiger partial charge in [0.05, 0.1) is 11.9 Å². The van der Waals surface area contributed by atoms with Gasteiger partial charge in [0.15, 0.2) is 0 Å². The Hall–Kier alpha value is -2.36. The van der Waals surface area contributed by atoms with Crippen LogP contribution in [-0.4, -0.2) is 49.5 Å². The highest BCUT2D eigenvalue weighted by atomic mass is 35.5. The molecule has 0 spiro atoms. The number of nitrogens with zero attached hydrogens (tertiary/aromatic N) is 2. The van der Waals surface area contributed by atoms with Crippen molar-refractivity contribution in [2.75, 3.05) is 17.1 Å². The van der Waals surface area contributed by atoms with Crippen LogP contribution in [0.1, 0.15) is 33.3 Å². The first kappa shape index (κ1) is 27.9. The Balaban J connectivity index is 2.46. The topological polar surface area (TPSA) is 86.8 Å². The van der Waals surface area contributed by atoms with Crippen LogP contribution in [-0.2, 0) is 26.2 Å². The number of para-hydroxylation sites is 1. The molecule has 0 saturated carbocycles. The van der Waals surface area contributed by atoms with Crippen molar-refractivity contribution >= 4 is 50.7 Å². The Morgan fingerprint density at radius 3 is 2.26 bits per heavy atom. The molecule has 0 aliphatic rings. The van der Waals surface area contributed by atoms with E-state index in [0.29, 0.717) is 14.9 Å². The average molecular weight is 532 g/mol. The molecule has 0 radical (unpaired) electrons. The van der Waals surface area contributed by atoms with Crippen LogP contribution in [0.2, 0.25) is 10.0 Å². The molecule has 0 bridgehead atoms. The number of nitrogens with one attached hydrogen (secondary N) is 1. The van der Waals surface area contributed by atoms with Gasteiger partial charge in [-0.3, -0.25) is 13.9 Å². The summed E-state index contributed by atoms with van der Waals surface area (Å²) < 4.78 is 40.0. The van der Waals surface area contributed by atoms with E-state index in [1.807, 2.05) is 0 Å². The lowest BCUT2D eigenvalue weighted by molar-refractivity contribution is -0.140. The van der Waals surface area contributed by atoms with E-state index in [4.69, 9.17) is 23.2 Å². The SMILES string of the molecule is C[C@H](C(=O)NC(C)(C)C)N(Cc1ccc(Cl)cc1Cl)C(=O)CN(c1ccccc1F)S(C)(=O)=O. The zero-order valence-corrected chi connectivity index (χ0v) is 21.9. The van der Waals surface area contributed by atoms with Gasteiger partial charge in [0.2, 0.25) is 21.8 Å². The average Bonchev–Trinajstić information content (AvgIpc) is 2.69. The third-order valence-corrected chi connectivity index (χ3v) is 6.54. The molecule has 2 aromatic rings. The summed E-state index contributed by atoms with van der Waals surface area (Å²) in [6.07, 6.45) is 0.878. The van der Waals surface area contributed by atoms with Crippen molar-refractivity contribution in [1.29, 1.82) is 0 Å². The monoisotopic (exact) mass is 531 g/mol. The van der Waals surface area contributed by atoms with Crippen LogP contribution in [0.3, 0.4) is 0 Å². The molecule has 11 heteroatoms. The van der Waals surface area contributed by atoms with Gasteiger partial charge in [-0.1, -0.05) is 41.4 Å². The van der Waals surface area contributed by atoms with E-state index in [2.05, 4.69) is 5.32 Å². The number of carbonyl (C=O) groups excluding carboxylic acids is 2. The molecule has 1 atom stereocenters. The van der Waals surface area contributed by atoms with Gasteiger partial charge in [-0.2, -0.15) is 0 Å². The van der Waals surface area contributed by atoms with Gasteiger partial charge >= 0.3 is 0 Å². The molecule has 2 rings (SSSR count). The quantitative estimate of drug-likeness (QED) is 0.552. The number of benzene rings is 2. The number of rotatable bonds is 8. The van der Waals surface area contributed by atoms with Crippen LogP contribution in [0.5, 0.6) is 0 Å². The van der Waals surface area contributed by atoms with Crippen molar-refractivity contribution < 1.29 is 22.4 Å². The minimum Gasteiger partial charge on any atom is -0.350 e. The van der Waals surface area contributed by atoms with Gasteiger partial charge in [-0.15, -0.1) is 0 Å². The Morgan fingerprint density at radius 1 is 1.12 bits per heavy atom. The minimum atomic E-state index is -4.03. The zero-order chi connectivity index (χ0) is 25.8. The standard InChI is InChI=1S/C23H28Cl2FN3O4S/c1-15(22(31)27-23(2,3)4)28(13-16-10-11-17(24)12-18(16)25)21(30)14-29(34(5,32)33)20-9-7-6-8-19(20)26/h6-12,15H,13-14H2,1-5H3,(H,27,31)/t15-/m1/s1. The van der Waals surface area contributed by atoms with Gasteiger partial charge in [0.1, 0.15) is 18.4 Å². The lowest BCUT2D eigenvalue weighted by Gasteiger charge is -2.33. The second kappa shape index (κ2) is 10.9. The molecule has 0 aliphatic carbocycles. The van der Waals surface area contributed by atoms with E-state index in [1.165, 1.54) is 36.1 Å². The summed E-state index contributed by atoms with van der Waals surface area (Å²) in [4.78, 5) is 27.5. The van der Waals surface area contributed by atoms with Crippen LogP contribution in [0, 0.1) is 5.82 Å². The largest absolute Gasteiger partial charge is 0.350 e. The molecular formula is C23H28Cl2FN3O4S. The third kappa shape index (κ3) is 7.58. The second-order valence-electron chi connectivity index (χ2n) is 8.89. The number of halogens is 3. The molecule has 2 amide bonds. The third-order valence-electron chi connectivity index (χ3n) is 4.82. The molecule has 1 N–H and O–H groups in total. The highest BCUT2D eigenvalue weighted by Crippen LogP contribution is 2.25. The summed E-state index contributed by atoms with van der Waals surface area (Å²) in [7, 11) is -4.03. The van der Waals surface area contributed by atoms with Crippen molar-refractivity contribution in [2.24, 2.45) is 0 Å². The van der Waals surface area contributed by atoms with Crippen LogP contribution >= 0.6 is 23.2 Å². The molecule has 2 aromatic carbocycles. The summed E-state index contributed by atoms with van der Waals surface area (Å²) in [5, 5.41) is 3.49. The summed E-state index contributed by atoms with van der Waals surface area (Å²) in [6, 6.07) is 8.96. The molecule has 0 aromatic heterocycles. The summed E-state index contributed by atoms with van der Waals surface area (Å²) in [6.45, 7) is 6.10. The number of sulfonamides is 1. The Labute approximate surface area is 209 Å². The molecule has 7 nitrogen and oxygen atoms in total. The van der Waals surface area contributed by atoms with Crippen molar-refractivity contribution in [3.63, 3.8) is 0 Å². The fraction of sp³-hybridized carbons (Fsp3) is 0.391. The lowest BCUT2D eigenvalue weighted by Crippen LogP contribution is -2.54. The normalized spacial score (nSPS) is 12.7. The maximum atomic E-state index is 14.4. The van der Waals surface area contributed by atoms with E-state index >= 15 is 0 Å². The molecule has 0 aliphatic heterocycles. The fourth-order valence-electron chi connectivity index (χ4n) is 3.14. The molecule has 34 heavy (non-hydrogen) atoms. The van der Waals surface area contributed by atoms with Crippen LogP contribution in [0.4, 0.5) is 10.1 Å². The van der Waals surface area contributed by atoms with Gasteiger partial charge < -0.3 is 10.2 Å². The molecular weight excluding hydrogens is 504 g/mol. The molecule has 0 fully saturated rings. The molecule has 0 unspecified atom stereocenters. The summed E-state index contributed by atoms with van der Waals surface area (Å²) >= 11 is 12.3. The molecule has 186 valence electrons. The first-order chi connectivity index (χ1) is 15.6. The first-order valence-corrected chi connectivity index (χ1v) is 13.0. The number of hydrogen-bond acceptors (Lipinski definition) is 4. The van der Waals surface area contributed by atoms with Gasteiger partial charge in [-0.25, -0.2) is 12.8 Å². The van der Waals surface area contributed by atoms with E-state index in [9.17, 15) is 22.4 Å². The summed E-state index contributed by atoms with van der Waals surface area (Å²) in [5.41, 5.74) is -0.328. The maximum absolute atomic E-state index is 14.4. The Kier molecular flexibility index (Phi) is 8.96. The number of anilines is 1. The van der Waals surface area contributed by atoms with Crippen LogP contribution in [0.25, 0.3) is 0 Å². The lowest BCUT2D eigenvalue weighted by atomic mass is 10.1. The van der Waals surface area contributed by atoms with Crippen LogP contribution in [0.15, 0.2) is 42.5 Å². The van der Waals surface area contributed by atoms with Crippen molar-refractivity contribution in [1.82, 2.24) is 10.2 Å². The smallest absolute Gasteiger partial charge is 0.244 e. The summed E-state index contributed by atoms with van der Waals surface area (Å²) in [5.74, 6) is -1.95. The van der Waals surface area contributed by atoms with Gasteiger partial charge in [-0.05, 0) is 57.5 Å². The predicted molar refractivity (Wildman–Crippen MR) is 133 cm³/mol. The highest BCUT2D eigenvalue weighted by molar-refractivity contribution is 7.92. The van der Waals surface area contributed by atoms with E-state index < -0.39 is 45.8 Å². The first-order valence-electron chi connectivity index (χ1n) is 10.4. The zero-order valence-electron chi connectivity index (χ0n) is 19.6. The van der Waals surface area contributed by atoms with Gasteiger partial charge in [0.25, 0.3) is 0 Å². The number of hydrogen-bond donors (Lipinski definition) is 1. The van der Waals surface area contributed by atoms with E-state index in [0.717, 1.165) is 12.3 Å². The van der Waals surface area contributed by atoms with Crippen LogP contribution < -0.4 is 9.62 Å². The molecule has 0 saturated heterocycles. The minimum absolute atomic E-state index is 0.0948. The van der Waals surface area contributed by atoms with E-state index in [-0.39, 0.29) is 17.3 Å². The van der Waals surface area contributed by atoms with Crippen molar-refractivity contribution in [3.8, 4) is 0 Å². The van der Waals surface area contributed by atoms with Crippen molar-refractivity contribution in [3.05, 3.63) is 63.9 Å². The van der Waals surface area contributed by atoms with Gasteiger partial charge in [0, 0.05) is 22.1 Å². The number of amides is 2. The van der Waals surface area contributed by atoms with Crippen molar-refractivity contribution in [2.45, 2.75) is 45.8 Å². The Bertz CT molecular complexity index is 1170. The van der Waals surface area contributed by atoms with E-state index in [1.54, 1.807) is 32.9 Å². The maximum Gasteiger partial charge on any atom is 0.244 e. The number of carbonyl (C=O) groups is 2.